The predicted molar refractivity (Wildman–Crippen MR) is 49.9 cm³/mol. The molecule has 1 heterocycles. The van der Waals surface area contributed by atoms with Crippen molar-refractivity contribution in [2.24, 2.45) is 7.05 Å². The number of aliphatic carboxylic acids is 1. The van der Waals surface area contributed by atoms with Gasteiger partial charge in [-0.1, -0.05) is 0 Å². The molecule has 0 amide bonds. The molecule has 5 heteroatoms. The van der Waals surface area contributed by atoms with Crippen LogP contribution in [0.3, 0.4) is 0 Å². The number of imidazole rings is 1. The van der Waals surface area contributed by atoms with Gasteiger partial charge >= 0.3 is 5.97 Å². The van der Waals surface area contributed by atoms with Gasteiger partial charge in [0.15, 0.2) is 6.10 Å². The maximum absolute atomic E-state index is 10.7. The van der Waals surface area contributed by atoms with Crippen LogP contribution in [0.1, 0.15) is 19.7 Å². The normalized spacial score (nSPS) is 14.0. The number of rotatable bonds is 3. The minimum atomic E-state index is -1.46. The largest absolute Gasteiger partial charge is 0.479 e. The summed E-state index contributed by atoms with van der Waals surface area (Å²) in [6.07, 6.45) is 1.83. The minimum Gasteiger partial charge on any atom is -0.479 e. The van der Waals surface area contributed by atoms with Crippen molar-refractivity contribution < 1.29 is 15.0 Å². The van der Waals surface area contributed by atoms with E-state index in [9.17, 15) is 9.90 Å². The van der Waals surface area contributed by atoms with Gasteiger partial charge < -0.3 is 14.8 Å². The first-order chi connectivity index (χ1) is 6.37. The topological polar surface area (TPSA) is 75.3 Å². The number of hydrogen-bond donors (Lipinski definition) is 2. The van der Waals surface area contributed by atoms with E-state index >= 15 is 0 Å². The molecule has 1 atom stereocenters. The van der Waals surface area contributed by atoms with Crippen molar-refractivity contribution in [3.05, 3.63) is 18.2 Å². The van der Waals surface area contributed by atoms with Crippen LogP contribution in [-0.4, -0.2) is 31.8 Å². The number of hydrogen-bond acceptors (Lipinski definition) is 3. The van der Waals surface area contributed by atoms with Crippen molar-refractivity contribution in [2.45, 2.75) is 25.4 Å². The van der Waals surface area contributed by atoms with Crippen LogP contribution in [0, 0.1) is 0 Å². The fourth-order valence-electron chi connectivity index (χ4n) is 1.42. The zero-order chi connectivity index (χ0) is 10.9. The van der Waals surface area contributed by atoms with Gasteiger partial charge in [0.1, 0.15) is 5.82 Å². The van der Waals surface area contributed by atoms with Crippen LogP contribution < -0.4 is 0 Å². The molecule has 1 rings (SSSR count). The fourth-order valence-corrected chi connectivity index (χ4v) is 1.42. The van der Waals surface area contributed by atoms with Crippen LogP contribution in [0.2, 0.25) is 0 Å². The van der Waals surface area contributed by atoms with E-state index in [1.54, 1.807) is 37.9 Å². The summed E-state index contributed by atoms with van der Waals surface area (Å²) < 4.78 is 1.70. The van der Waals surface area contributed by atoms with E-state index in [0.717, 1.165) is 0 Å². The molecule has 0 radical (unpaired) electrons. The first kappa shape index (κ1) is 10.7. The Balaban J connectivity index is 3.07. The third-order valence-electron chi connectivity index (χ3n) is 2.32. The Hall–Kier alpha value is -1.36. The van der Waals surface area contributed by atoms with E-state index in [1.165, 1.54) is 0 Å². The Morgan fingerprint density at radius 3 is 2.57 bits per heavy atom. The summed E-state index contributed by atoms with van der Waals surface area (Å²) in [4.78, 5) is 14.7. The summed E-state index contributed by atoms with van der Waals surface area (Å²) in [7, 11) is 1.76. The van der Waals surface area contributed by atoms with E-state index in [-0.39, 0.29) is 0 Å². The maximum Gasteiger partial charge on any atom is 0.333 e. The molecule has 14 heavy (non-hydrogen) atoms. The van der Waals surface area contributed by atoms with E-state index in [1.807, 2.05) is 0 Å². The number of carboxylic acids is 1. The summed E-state index contributed by atoms with van der Waals surface area (Å²) in [5.41, 5.74) is -0.899. The Kier molecular flexibility index (Phi) is 2.62. The molecule has 0 saturated carbocycles. The first-order valence-electron chi connectivity index (χ1n) is 4.26. The van der Waals surface area contributed by atoms with Crippen molar-refractivity contribution in [3.63, 3.8) is 0 Å². The zero-order valence-corrected chi connectivity index (χ0v) is 8.43. The first-order valence-corrected chi connectivity index (χ1v) is 4.26. The molecule has 0 aliphatic heterocycles. The smallest absolute Gasteiger partial charge is 0.333 e. The molecule has 78 valence electrons. The van der Waals surface area contributed by atoms with Crippen molar-refractivity contribution >= 4 is 5.97 Å². The molecule has 1 aromatic heterocycles. The standard InChI is InChI=1S/C9H14N2O3/c1-9(2,6(12)7(13)14)8-10-4-5-11(8)3/h4-6,12H,1-3H3,(H,13,14). The fraction of sp³-hybridized carbons (Fsp3) is 0.556. The Morgan fingerprint density at radius 1 is 1.64 bits per heavy atom. The highest BCUT2D eigenvalue weighted by Crippen LogP contribution is 2.25. The quantitative estimate of drug-likeness (QED) is 0.724. The molecule has 1 aromatic rings. The predicted octanol–water partition coefficient (Wildman–Crippen LogP) is 0.143. The van der Waals surface area contributed by atoms with Gasteiger partial charge in [0.25, 0.3) is 0 Å². The Bertz CT molecular complexity index is 344. The highest BCUT2D eigenvalue weighted by Gasteiger charge is 2.38. The Labute approximate surface area is 82.0 Å². The van der Waals surface area contributed by atoms with E-state index in [0.29, 0.717) is 5.82 Å². The summed E-state index contributed by atoms with van der Waals surface area (Å²) >= 11 is 0. The van der Waals surface area contributed by atoms with Gasteiger partial charge in [-0.15, -0.1) is 0 Å². The second-order valence-electron chi connectivity index (χ2n) is 3.82. The number of aliphatic hydroxyl groups excluding tert-OH is 1. The number of aliphatic hydroxyl groups is 1. The van der Waals surface area contributed by atoms with Gasteiger partial charge in [0.2, 0.25) is 0 Å². The van der Waals surface area contributed by atoms with Gasteiger partial charge in [0, 0.05) is 19.4 Å². The van der Waals surface area contributed by atoms with Crippen molar-refractivity contribution in [1.82, 2.24) is 9.55 Å². The molecular weight excluding hydrogens is 184 g/mol. The molecule has 0 aliphatic carbocycles. The molecule has 0 saturated heterocycles. The van der Waals surface area contributed by atoms with Crippen LogP contribution in [0.5, 0.6) is 0 Å². The van der Waals surface area contributed by atoms with Crippen LogP contribution in [0.25, 0.3) is 0 Å². The summed E-state index contributed by atoms with van der Waals surface area (Å²) in [5.74, 6) is -0.689. The van der Waals surface area contributed by atoms with Gasteiger partial charge in [-0.05, 0) is 13.8 Å². The highest BCUT2D eigenvalue weighted by molar-refractivity contribution is 5.74. The van der Waals surface area contributed by atoms with Crippen LogP contribution in [0.15, 0.2) is 12.4 Å². The molecule has 0 fully saturated rings. The van der Waals surface area contributed by atoms with Crippen LogP contribution >= 0.6 is 0 Å². The number of aromatic nitrogens is 2. The second kappa shape index (κ2) is 3.42. The molecular formula is C9H14N2O3. The number of nitrogens with zero attached hydrogens (tertiary/aromatic N) is 2. The highest BCUT2D eigenvalue weighted by atomic mass is 16.4. The Morgan fingerprint density at radius 2 is 2.21 bits per heavy atom. The lowest BCUT2D eigenvalue weighted by atomic mass is 9.85. The molecule has 2 N–H and O–H groups in total. The average molecular weight is 198 g/mol. The molecule has 0 aliphatic rings. The third-order valence-corrected chi connectivity index (χ3v) is 2.32. The van der Waals surface area contributed by atoms with Crippen molar-refractivity contribution in [1.29, 1.82) is 0 Å². The maximum atomic E-state index is 10.7. The van der Waals surface area contributed by atoms with Crippen LogP contribution in [-0.2, 0) is 17.3 Å². The number of carboxylic acid groups (broad SMARTS) is 1. The van der Waals surface area contributed by atoms with Crippen molar-refractivity contribution in [3.8, 4) is 0 Å². The van der Waals surface area contributed by atoms with E-state index in [2.05, 4.69) is 4.98 Å². The van der Waals surface area contributed by atoms with E-state index in [4.69, 9.17) is 5.11 Å². The lowest BCUT2D eigenvalue weighted by Crippen LogP contribution is -2.41. The van der Waals surface area contributed by atoms with E-state index < -0.39 is 17.5 Å². The molecule has 5 nitrogen and oxygen atoms in total. The SMILES string of the molecule is Cn1ccnc1C(C)(C)C(O)C(=O)O. The molecule has 0 spiro atoms. The zero-order valence-electron chi connectivity index (χ0n) is 8.43. The second-order valence-corrected chi connectivity index (χ2v) is 3.82. The molecule has 1 unspecified atom stereocenters. The van der Waals surface area contributed by atoms with Crippen molar-refractivity contribution in [2.75, 3.05) is 0 Å². The van der Waals surface area contributed by atoms with Gasteiger partial charge in [-0.2, -0.15) is 0 Å². The molecule has 0 aromatic carbocycles. The summed E-state index contributed by atoms with van der Waals surface area (Å²) in [5, 5.41) is 18.2. The number of carbonyl (C=O) groups is 1. The van der Waals surface area contributed by atoms with Gasteiger partial charge in [-0.3, -0.25) is 0 Å². The summed E-state index contributed by atoms with van der Waals surface area (Å²) in [6.45, 7) is 3.29. The monoisotopic (exact) mass is 198 g/mol. The minimum absolute atomic E-state index is 0.549. The lowest BCUT2D eigenvalue weighted by molar-refractivity contribution is -0.150. The average Bonchev–Trinajstić information content (AvgIpc) is 2.50. The lowest BCUT2D eigenvalue weighted by Gasteiger charge is -2.26. The number of aryl methyl sites for hydroxylation is 1. The van der Waals surface area contributed by atoms with Gasteiger partial charge in [0.05, 0.1) is 5.41 Å². The van der Waals surface area contributed by atoms with Gasteiger partial charge in [-0.25, -0.2) is 9.78 Å². The summed E-state index contributed by atoms with van der Waals surface area (Å²) in [6, 6.07) is 0. The van der Waals surface area contributed by atoms with Crippen LogP contribution in [0.4, 0.5) is 0 Å². The third kappa shape index (κ3) is 1.63. The molecule has 0 bridgehead atoms.